The second-order valence-electron chi connectivity index (χ2n) is 9.78. The molecule has 3 aromatic rings. The molecule has 1 aromatic heterocycles. The Morgan fingerprint density at radius 2 is 1.59 bits per heavy atom. The first-order valence-electron chi connectivity index (χ1n) is 11.9. The highest BCUT2D eigenvalue weighted by Gasteiger charge is 2.51. The smallest absolute Gasteiger partial charge is 0.416 e. The molecule has 3 rings (SSSR count). The second kappa shape index (κ2) is 11.1. The van der Waals surface area contributed by atoms with E-state index >= 15 is 0 Å². The summed E-state index contributed by atoms with van der Waals surface area (Å²) in [7, 11) is 1.31. The van der Waals surface area contributed by atoms with Gasteiger partial charge in [-0.15, -0.1) is 0 Å². The lowest BCUT2D eigenvalue weighted by atomic mass is 9.84. The normalized spacial score (nSPS) is 12.6. The fourth-order valence-corrected chi connectivity index (χ4v) is 3.96. The van der Waals surface area contributed by atoms with E-state index in [0.717, 1.165) is 19.9 Å². The van der Waals surface area contributed by atoms with Crippen molar-refractivity contribution in [2.45, 2.75) is 58.8 Å². The first-order chi connectivity index (χ1) is 18.0. The predicted molar refractivity (Wildman–Crippen MR) is 135 cm³/mol. The summed E-state index contributed by atoms with van der Waals surface area (Å²) in [5, 5.41) is 0.204. The molecule has 210 valence electrons. The average Bonchev–Trinajstić information content (AvgIpc) is 2.85. The molecule has 0 aliphatic rings. The molecule has 0 bridgehead atoms. The molecule has 0 aliphatic heterocycles. The minimum Gasteiger partial charge on any atom is -0.467 e. The first kappa shape index (κ1) is 30.3. The molecule has 0 spiro atoms. The number of halogens is 7. The van der Waals surface area contributed by atoms with Crippen LogP contribution in [0, 0.1) is 5.41 Å². The van der Waals surface area contributed by atoms with E-state index in [4.69, 9.17) is 16.3 Å². The van der Waals surface area contributed by atoms with Crippen LogP contribution >= 0.6 is 11.6 Å². The summed E-state index contributed by atoms with van der Waals surface area (Å²) in [5.41, 5.74) is -2.10. The SMILES string of the molecule is COc1nc(-c2ccc(C(F)(F)F)c(C(C)C)c2)nc(-c2cc(CCC(=O)C(C)(C)C(F)(F)F)ccc2Cl)n1. The van der Waals surface area contributed by atoms with Crippen molar-refractivity contribution in [3.8, 4) is 28.8 Å². The number of ether oxygens (including phenoxy) is 1. The molecule has 12 heteroatoms. The molecular formula is C27H26ClF6N3O2. The van der Waals surface area contributed by atoms with Crippen LogP contribution in [0.4, 0.5) is 26.3 Å². The van der Waals surface area contributed by atoms with Crippen LogP contribution < -0.4 is 4.74 Å². The second-order valence-corrected chi connectivity index (χ2v) is 10.2. The third kappa shape index (κ3) is 6.69. The Balaban J connectivity index is 2.02. The fourth-order valence-electron chi connectivity index (χ4n) is 3.76. The maximum Gasteiger partial charge on any atom is 0.416 e. The van der Waals surface area contributed by atoms with Crippen LogP contribution in [-0.2, 0) is 17.4 Å². The number of carbonyl (C=O) groups excluding carboxylic acids is 1. The van der Waals surface area contributed by atoms with E-state index in [9.17, 15) is 31.1 Å². The minimum atomic E-state index is -4.68. The Bertz CT molecular complexity index is 1370. The molecule has 0 unspecified atom stereocenters. The summed E-state index contributed by atoms with van der Waals surface area (Å²) in [5.74, 6) is -1.33. The molecule has 0 saturated heterocycles. The molecule has 0 saturated carbocycles. The van der Waals surface area contributed by atoms with E-state index in [1.807, 2.05) is 0 Å². The van der Waals surface area contributed by atoms with Crippen LogP contribution in [0.15, 0.2) is 36.4 Å². The number of ketones is 1. The average molecular weight is 574 g/mol. The van der Waals surface area contributed by atoms with E-state index in [-0.39, 0.29) is 46.7 Å². The zero-order chi connectivity index (χ0) is 29.3. The Hall–Kier alpha value is -3.21. The van der Waals surface area contributed by atoms with Gasteiger partial charge >= 0.3 is 18.4 Å². The number of hydrogen-bond acceptors (Lipinski definition) is 5. The number of carbonyl (C=O) groups is 1. The highest BCUT2D eigenvalue weighted by Crippen LogP contribution is 2.40. The van der Waals surface area contributed by atoms with E-state index in [1.165, 1.54) is 25.3 Å². The maximum absolute atomic E-state index is 13.5. The van der Waals surface area contributed by atoms with Gasteiger partial charge in [-0.1, -0.05) is 37.6 Å². The summed E-state index contributed by atoms with van der Waals surface area (Å²) < 4.78 is 85.4. The zero-order valence-electron chi connectivity index (χ0n) is 21.8. The summed E-state index contributed by atoms with van der Waals surface area (Å²) in [6, 6.07) is 8.07. The Morgan fingerprint density at radius 3 is 2.15 bits per heavy atom. The molecule has 0 fully saturated rings. The third-order valence-corrected chi connectivity index (χ3v) is 6.68. The quantitative estimate of drug-likeness (QED) is 0.255. The number of hydrogen-bond donors (Lipinski definition) is 0. The van der Waals surface area contributed by atoms with Gasteiger partial charge in [-0.3, -0.25) is 4.79 Å². The molecule has 0 aliphatic carbocycles. The van der Waals surface area contributed by atoms with Crippen molar-refractivity contribution in [1.29, 1.82) is 0 Å². The van der Waals surface area contributed by atoms with Crippen LogP contribution in [0.3, 0.4) is 0 Å². The summed E-state index contributed by atoms with van der Waals surface area (Å²) >= 11 is 6.38. The number of aromatic nitrogens is 3. The molecule has 0 N–H and O–H groups in total. The number of Topliss-reactive ketones (excluding diaryl/α,β-unsaturated/α-hetero) is 1. The highest BCUT2D eigenvalue weighted by molar-refractivity contribution is 6.33. The van der Waals surface area contributed by atoms with Gasteiger partial charge in [-0.2, -0.15) is 36.3 Å². The van der Waals surface area contributed by atoms with Crippen molar-refractivity contribution in [3.63, 3.8) is 0 Å². The van der Waals surface area contributed by atoms with E-state index in [0.29, 0.717) is 11.1 Å². The molecular weight excluding hydrogens is 548 g/mol. The standard InChI is InChI=1S/C27H26ClF6N3O2/c1-14(2)17-13-16(8-9-19(17)26(29,30)31)22-35-23(37-24(36-22)39-5)18-12-15(6-10-20(18)28)7-11-21(38)25(3,4)27(32,33)34/h6,8-10,12-14H,7,11H2,1-5H3. The van der Waals surface area contributed by atoms with Gasteiger partial charge in [0.25, 0.3) is 0 Å². The largest absolute Gasteiger partial charge is 0.467 e. The molecule has 39 heavy (non-hydrogen) atoms. The van der Waals surface area contributed by atoms with E-state index in [2.05, 4.69) is 15.0 Å². The lowest BCUT2D eigenvalue weighted by molar-refractivity contribution is -0.210. The topological polar surface area (TPSA) is 65.0 Å². The number of rotatable bonds is 8. The number of alkyl halides is 6. The molecule has 0 radical (unpaired) electrons. The van der Waals surface area contributed by atoms with Crippen molar-refractivity contribution >= 4 is 17.4 Å². The van der Waals surface area contributed by atoms with Crippen molar-refractivity contribution in [2.75, 3.05) is 7.11 Å². The van der Waals surface area contributed by atoms with Gasteiger partial charge in [0.1, 0.15) is 11.2 Å². The van der Waals surface area contributed by atoms with E-state index < -0.39 is 35.0 Å². The monoisotopic (exact) mass is 573 g/mol. The number of methoxy groups -OCH3 is 1. The predicted octanol–water partition coefficient (Wildman–Crippen LogP) is 8.10. The van der Waals surface area contributed by atoms with E-state index in [1.54, 1.807) is 26.0 Å². The lowest BCUT2D eigenvalue weighted by Crippen LogP contribution is -2.39. The summed E-state index contributed by atoms with van der Waals surface area (Å²) in [6.07, 6.45) is -9.57. The fraction of sp³-hybridized carbons (Fsp3) is 0.407. The van der Waals surface area contributed by atoms with Crippen molar-refractivity contribution in [2.24, 2.45) is 5.41 Å². The summed E-state index contributed by atoms with van der Waals surface area (Å²) in [4.78, 5) is 25.1. The zero-order valence-corrected chi connectivity index (χ0v) is 22.5. The number of nitrogens with zero attached hydrogens (tertiary/aromatic N) is 3. The van der Waals surface area contributed by atoms with Gasteiger partial charge in [0.05, 0.1) is 17.7 Å². The van der Waals surface area contributed by atoms with Crippen molar-refractivity contribution in [3.05, 3.63) is 58.1 Å². The maximum atomic E-state index is 13.5. The Morgan fingerprint density at radius 1 is 0.949 bits per heavy atom. The lowest BCUT2D eigenvalue weighted by Gasteiger charge is -2.26. The van der Waals surface area contributed by atoms with Gasteiger partial charge in [0.2, 0.25) is 0 Å². The highest BCUT2D eigenvalue weighted by atomic mass is 35.5. The molecule has 1 heterocycles. The minimum absolute atomic E-state index is 0.00818. The van der Waals surface area contributed by atoms with Gasteiger partial charge in [-0.25, -0.2) is 4.98 Å². The number of aryl methyl sites for hydroxylation is 1. The van der Waals surface area contributed by atoms with Gasteiger partial charge in [0.15, 0.2) is 11.6 Å². The molecule has 5 nitrogen and oxygen atoms in total. The van der Waals surface area contributed by atoms with Crippen LogP contribution in [0.2, 0.25) is 5.02 Å². The van der Waals surface area contributed by atoms with Crippen LogP contribution in [0.5, 0.6) is 6.01 Å². The Kier molecular flexibility index (Phi) is 8.64. The number of benzene rings is 2. The molecule has 0 atom stereocenters. The molecule has 2 aromatic carbocycles. The first-order valence-corrected chi connectivity index (χ1v) is 12.2. The Labute approximate surface area is 226 Å². The van der Waals surface area contributed by atoms with Gasteiger partial charge < -0.3 is 4.74 Å². The van der Waals surface area contributed by atoms with Crippen LogP contribution in [-0.4, -0.2) is 34.0 Å². The van der Waals surface area contributed by atoms with Crippen LogP contribution in [0.1, 0.15) is 56.7 Å². The molecule has 0 amide bonds. The van der Waals surface area contributed by atoms with Crippen molar-refractivity contribution < 1.29 is 35.9 Å². The summed E-state index contributed by atoms with van der Waals surface area (Å²) in [6.45, 7) is 4.96. The van der Waals surface area contributed by atoms with Gasteiger partial charge in [-0.05, 0) is 61.6 Å². The third-order valence-electron chi connectivity index (χ3n) is 6.35. The van der Waals surface area contributed by atoms with Crippen molar-refractivity contribution in [1.82, 2.24) is 15.0 Å². The van der Waals surface area contributed by atoms with Crippen LogP contribution in [0.25, 0.3) is 22.8 Å². The van der Waals surface area contributed by atoms with Gasteiger partial charge in [0, 0.05) is 17.5 Å².